The highest BCUT2D eigenvalue weighted by Gasteiger charge is 2.15. The number of benzene rings is 2. The number of aryl methyl sites for hydroxylation is 1. The molecule has 1 aromatic heterocycles. The van der Waals surface area contributed by atoms with Crippen molar-refractivity contribution in [2.45, 2.75) is 23.4 Å². The summed E-state index contributed by atoms with van der Waals surface area (Å²) in [6.07, 6.45) is 0. The van der Waals surface area contributed by atoms with E-state index in [0.717, 1.165) is 9.92 Å². The first kappa shape index (κ1) is 16.5. The zero-order valence-corrected chi connectivity index (χ0v) is 14.7. The third-order valence-electron chi connectivity index (χ3n) is 3.81. The third-order valence-corrected chi connectivity index (χ3v) is 5.22. The van der Waals surface area contributed by atoms with Crippen LogP contribution < -0.4 is 5.73 Å². The molecule has 3 nitrogen and oxygen atoms in total. The summed E-state index contributed by atoms with van der Waals surface area (Å²) in [7, 11) is 0. The van der Waals surface area contributed by atoms with E-state index >= 15 is 0 Å². The zero-order valence-electron chi connectivity index (χ0n) is 13.2. The quantitative estimate of drug-likeness (QED) is 0.709. The van der Waals surface area contributed by atoms with Crippen LogP contribution in [0.4, 0.5) is 5.69 Å². The summed E-state index contributed by atoms with van der Waals surface area (Å²) in [5.41, 5.74) is 9.70. The van der Waals surface area contributed by atoms with Crippen molar-refractivity contribution in [1.29, 1.82) is 5.26 Å². The molecular formula is C19H16ClN3S. The average molecular weight is 354 g/mol. The molecule has 5 heteroatoms. The molecule has 0 amide bonds. The van der Waals surface area contributed by atoms with Gasteiger partial charge < -0.3 is 10.3 Å². The van der Waals surface area contributed by atoms with Crippen LogP contribution in [0, 0.1) is 18.3 Å². The molecule has 0 aliphatic carbocycles. The molecule has 0 spiro atoms. The van der Waals surface area contributed by atoms with Crippen LogP contribution >= 0.6 is 23.4 Å². The average Bonchev–Trinajstić information content (AvgIpc) is 2.87. The highest BCUT2D eigenvalue weighted by atomic mass is 35.5. The van der Waals surface area contributed by atoms with Gasteiger partial charge in [0.15, 0.2) is 0 Å². The van der Waals surface area contributed by atoms with Gasteiger partial charge in [-0.25, -0.2) is 0 Å². The lowest BCUT2D eigenvalue weighted by molar-refractivity contribution is 0.722. The number of nitrogens with zero attached hydrogens (tertiary/aromatic N) is 2. The maximum Gasteiger partial charge on any atom is 0.123 e. The summed E-state index contributed by atoms with van der Waals surface area (Å²) in [6.45, 7) is 2.68. The summed E-state index contributed by atoms with van der Waals surface area (Å²) in [4.78, 5) is 1.03. The lowest BCUT2D eigenvalue weighted by atomic mass is 10.1. The fraction of sp³-hybridized carbons (Fsp3) is 0.105. The van der Waals surface area contributed by atoms with Gasteiger partial charge in [-0.2, -0.15) is 5.26 Å². The molecule has 0 bridgehead atoms. The zero-order chi connectivity index (χ0) is 17.1. The van der Waals surface area contributed by atoms with E-state index in [0.29, 0.717) is 22.9 Å². The van der Waals surface area contributed by atoms with Gasteiger partial charge in [-0.3, -0.25) is 0 Å². The Kier molecular flexibility index (Phi) is 4.84. The number of nitriles is 1. The normalized spacial score (nSPS) is 10.5. The minimum Gasteiger partial charge on any atom is -0.397 e. The van der Waals surface area contributed by atoms with Crippen LogP contribution in [0.15, 0.2) is 64.5 Å². The Morgan fingerprint density at radius 2 is 1.88 bits per heavy atom. The molecule has 0 unspecified atom stereocenters. The van der Waals surface area contributed by atoms with E-state index in [2.05, 4.69) is 25.1 Å². The number of hydrogen-bond donors (Lipinski definition) is 1. The first-order chi connectivity index (χ1) is 11.6. The number of nitrogen functional groups attached to an aromatic ring is 1. The molecule has 0 atom stereocenters. The Hall–Kier alpha value is -2.35. The Morgan fingerprint density at radius 1 is 1.17 bits per heavy atom. The summed E-state index contributed by atoms with van der Waals surface area (Å²) in [5, 5.41) is 11.0. The Labute approximate surface area is 150 Å². The van der Waals surface area contributed by atoms with E-state index in [-0.39, 0.29) is 0 Å². The van der Waals surface area contributed by atoms with E-state index < -0.39 is 0 Å². The molecule has 0 aliphatic heterocycles. The molecule has 1 heterocycles. The SMILES string of the molecule is Cc1ccccc1Cn1c(C#N)cc(N)c1Sc1ccc(Cl)cc1. The highest BCUT2D eigenvalue weighted by Crippen LogP contribution is 2.35. The van der Waals surface area contributed by atoms with Crippen LogP contribution in [0.25, 0.3) is 0 Å². The van der Waals surface area contributed by atoms with Crippen molar-refractivity contribution in [2.75, 3.05) is 5.73 Å². The third kappa shape index (κ3) is 3.43. The molecule has 0 aliphatic rings. The van der Waals surface area contributed by atoms with Crippen LogP contribution in [0.1, 0.15) is 16.8 Å². The van der Waals surface area contributed by atoms with Gasteiger partial charge in [-0.05, 0) is 48.4 Å². The van der Waals surface area contributed by atoms with Gasteiger partial charge >= 0.3 is 0 Å². The van der Waals surface area contributed by atoms with Crippen LogP contribution in [0.5, 0.6) is 0 Å². The smallest absolute Gasteiger partial charge is 0.123 e. The molecule has 2 aromatic carbocycles. The largest absolute Gasteiger partial charge is 0.397 e. The summed E-state index contributed by atoms with van der Waals surface area (Å²) < 4.78 is 1.97. The maximum absolute atomic E-state index is 9.45. The summed E-state index contributed by atoms with van der Waals surface area (Å²) in [5.74, 6) is 0. The number of hydrogen-bond acceptors (Lipinski definition) is 3. The lowest BCUT2D eigenvalue weighted by Gasteiger charge is -2.13. The van der Waals surface area contributed by atoms with E-state index in [4.69, 9.17) is 17.3 Å². The van der Waals surface area contributed by atoms with Crippen molar-refractivity contribution in [2.24, 2.45) is 0 Å². The van der Waals surface area contributed by atoms with Gasteiger partial charge in [-0.1, -0.05) is 47.6 Å². The predicted molar refractivity (Wildman–Crippen MR) is 99.4 cm³/mol. The Morgan fingerprint density at radius 3 is 2.54 bits per heavy atom. The first-order valence-electron chi connectivity index (χ1n) is 7.45. The number of nitrogens with two attached hydrogens (primary N) is 1. The molecule has 0 fully saturated rings. The minimum atomic E-state index is 0.562. The van der Waals surface area contributed by atoms with E-state index in [1.165, 1.54) is 22.9 Å². The molecule has 3 aromatic rings. The second kappa shape index (κ2) is 7.04. The number of aromatic nitrogens is 1. The summed E-state index contributed by atoms with van der Waals surface area (Å²) >= 11 is 7.49. The number of anilines is 1. The monoisotopic (exact) mass is 353 g/mol. The summed E-state index contributed by atoms with van der Waals surface area (Å²) in [6, 6.07) is 19.7. The van der Waals surface area contributed by atoms with Crippen LogP contribution in [-0.2, 0) is 6.54 Å². The van der Waals surface area contributed by atoms with Crippen molar-refractivity contribution in [1.82, 2.24) is 4.57 Å². The number of rotatable bonds is 4. The fourth-order valence-electron chi connectivity index (χ4n) is 2.49. The first-order valence-corrected chi connectivity index (χ1v) is 8.65. The molecule has 0 saturated heterocycles. The van der Waals surface area contributed by atoms with Crippen molar-refractivity contribution in [3.05, 3.63) is 76.4 Å². The van der Waals surface area contributed by atoms with Crippen molar-refractivity contribution < 1.29 is 0 Å². The van der Waals surface area contributed by atoms with Crippen LogP contribution in [0.2, 0.25) is 5.02 Å². The lowest BCUT2D eigenvalue weighted by Crippen LogP contribution is -2.05. The maximum atomic E-state index is 9.45. The van der Waals surface area contributed by atoms with E-state index in [1.807, 2.05) is 41.0 Å². The number of halogens is 1. The molecule has 2 N–H and O–H groups in total. The van der Waals surface area contributed by atoms with Gasteiger partial charge in [0.25, 0.3) is 0 Å². The van der Waals surface area contributed by atoms with Crippen molar-refractivity contribution >= 4 is 29.1 Å². The fourth-order valence-corrected chi connectivity index (χ4v) is 3.56. The van der Waals surface area contributed by atoms with Gasteiger partial charge in [0, 0.05) is 16.5 Å². The Bertz CT molecular complexity index is 907. The molecule has 0 saturated carbocycles. The topological polar surface area (TPSA) is 54.7 Å². The minimum absolute atomic E-state index is 0.562. The molecule has 3 rings (SSSR count). The molecule has 0 radical (unpaired) electrons. The Balaban J connectivity index is 2.00. The standard InChI is InChI=1S/C19H16ClN3S/c1-13-4-2-3-5-14(13)12-23-16(11-21)10-18(22)19(23)24-17-8-6-15(20)7-9-17/h2-10H,12,22H2,1H3. The second-order valence-electron chi connectivity index (χ2n) is 5.47. The second-order valence-corrected chi connectivity index (χ2v) is 6.97. The molecule has 120 valence electrons. The van der Waals surface area contributed by atoms with Gasteiger partial charge in [-0.15, -0.1) is 0 Å². The van der Waals surface area contributed by atoms with Crippen LogP contribution in [0.3, 0.4) is 0 Å². The molecular weight excluding hydrogens is 338 g/mol. The molecule has 24 heavy (non-hydrogen) atoms. The highest BCUT2D eigenvalue weighted by molar-refractivity contribution is 7.99. The van der Waals surface area contributed by atoms with Gasteiger partial charge in [0.1, 0.15) is 16.8 Å². The van der Waals surface area contributed by atoms with Crippen LogP contribution in [-0.4, -0.2) is 4.57 Å². The van der Waals surface area contributed by atoms with Crippen molar-refractivity contribution in [3.63, 3.8) is 0 Å². The van der Waals surface area contributed by atoms with Gasteiger partial charge in [0.2, 0.25) is 0 Å². The van der Waals surface area contributed by atoms with Crippen molar-refractivity contribution in [3.8, 4) is 6.07 Å². The van der Waals surface area contributed by atoms with E-state index in [1.54, 1.807) is 6.07 Å². The van der Waals surface area contributed by atoms with E-state index in [9.17, 15) is 5.26 Å². The van der Waals surface area contributed by atoms with Gasteiger partial charge in [0.05, 0.1) is 5.69 Å². The predicted octanol–water partition coefficient (Wildman–Crippen LogP) is 5.10.